The lowest BCUT2D eigenvalue weighted by atomic mass is 10.1. The number of carbonyl (C=O) groups is 6. The van der Waals surface area contributed by atoms with E-state index in [-0.39, 0.29) is 22.8 Å². The van der Waals surface area contributed by atoms with Crippen LogP contribution < -0.4 is 86.3 Å². The zero-order chi connectivity index (χ0) is 58.2. The van der Waals surface area contributed by atoms with Crippen LogP contribution >= 0.6 is 23.2 Å². The molecule has 32 heteroatoms. The second-order valence-corrected chi connectivity index (χ2v) is 17.8. The highest BCUT2D eigenvalue weighted by atomic mass is 35.5. The topological polar surface area (TPSA) is 509 Å². The summed E-state index contributed by atoms with van der Waals surface area (Å²) < 4.78 is 0. The van der Waals surface area contributed by atoms with E-state index in [2.05, 4.69) is 42.5 Å². The molecular formula is C47H56Cl2N22O8. The van der Waals surface area contributed by atoms with Gasteiger partial charge in [0.2, 0.25) is 18.1 Å². The van der Waals surface area contributed by atoms with Crippen molar-refractivity contribution in [2.45, 2.75) is 43.5 Å². The molecule has 0 saturated heterocycles. The maximum atomic E-state index is 14.6. The van der Waals surface area contributed by atoms with E-state index in [0.717, 1.165) is 4.90 Å². The number of primary amides is 1. The SMILES string of the molecule is CN(C)c1ccc(CN(c2nc(-c3ccc(Cl)cc3)cc(-c3ccc(Cl)cc3)n2)C(O)C(=O)NC(C(=O)NC(NC(=N)N)C(=O)NC(NC(=N)N)C(=O)NC(NC(=N)N)C(=O)NC(NC(=N)N)C(N)=O)c2ccccc2)c(O)c1. The minimum Gasteiger partial charge on any atom is -0.508 e. The van der Waals surface area contributed by atoms with Gasteiger partial charge in [-0.2, -0.15) is 0 Å². The third-order valence-electron chi connectivity index (χ3n) is 10.8. The second-order valence-electron chi connectivity index (χ2n) is 16.9. The van der Waals surface area contributed by atoms with Crippen molar-refractivity contribution in [3.8, 4) is 28.3 Å². The number of phenols is 1. The molecule has 6 atom stereocenters. The van der Waals surface area contributed by atoms with Gasteiger partial charge in [-0.15, -0.1) is 0 Å². The standard InChI is InChI=1S/C47H56Cl2N22O8/c1-70(2)27-17-12-24(30(72)18-27)20-71(47-59-28(21-8-13-25(48)14-9-21)19-29(60-47)22-10-15-26(49)16-11-22)42(79)41(78)61-31(23-6-4-3-5-7-23)37(74)63-34(67-44(53)54)39(76)65-36(69-46(57)58)40(77)64-35(68-45(55)56)38(75)62-33(32(50)73)66-43(51)52/h3-19,31,33-36,42,72,79H,20H2,1-2H3,(H2,50,73)(H,61,78)(H,62,75)(H,63,74)(H,64,77)(H,65,76)(H4,51,52,66)(H4,53,54,67)(H4,55,56,68)(H4,57,58,69). The van der Waals surface area contributed by atoms with Gasteiger partial charge in [-0.25, -0.2) is 9.97 Å². The Balaban J connectivity index is 1.50. The molecule has 0 aliphatic heterocycles. The molecule has 0 bridgehead atoms. The highest BCUT2D eigenvalue weighted by molar-refractivity contribution is 6.31. The third kappa shape index (κ3) is 17.2. The average Bonchev–Trinajstić information content (AvgIpc) is 3.41. The number of aromatic nitrogens is 2. The monoisotopic (exact) mass is 1130 g/mol. The van der Waals surface area contributed by atoms with E-state index < -0.39 is 103 Å². The minimum absolute atomic E-state index is 0.0758. The summed E-state index contributed by atoms with van der Waals surface area (Å²) in [7, 11) is 3.52. The smallest absolute Gasteiger partial charge is 0.271 e. The lowest BCUT2D eigenvalue weighted by Crippen LogP contribution is -2.68. The quantitative estimate of drug-likeness (QED) is 0.0179. The maximum Gasteiger partial charge on any atom is 0.271 e. The number of hydrogen-bond acceptors (Lipinski definition) is 16. The number of benzene rings is 4. The van der Waals surface area contributed by atoms with Crippen LogP contribution in [-0.2, 0) is 35.3 Å². The van der Waals surface area contributed by atoms with Crippen molar-refractivity contribution in [1.82, 2.24) is 57.8 Å². The summed E-state index contributed by atoms with van der Waals surface area (Å²) in [4.78, 5) is 94.3. The number of anilines is 2. The molecule has 0 aliphatic carbocycles. The Morgan fingerprint density at radius 1 is 0.544 bits per heavy atom. The van der Waals surface area contributed by atoms with E-state index in [1.807, 2.05) is 5.32 Å². The number of amides is 6. The summed E-state index contributed by atoms with van der Waals surface area (Å²) in [6, 6.07) is 25.3. The second kappa shape index (κ2) is 27.0. The molecule has 0 radical (unpaired) electrons. The van der Waals surface area contributed by atoms with Gasteiger partial charge in [0.25, 0.3) is 29.5 Å². The molecule has 5 rings (SSSR count). The number of hydrogen-bond donors (Lipinski definition) is 20. The molecule has 4 aromatic carbocycles. The van der Waals surface area contributed by atoms with E-state index in [9.17, 15) is 39.0 Å². The molecule has 416 valence electrons. The molecule has 30 nitrogen and oxygen atoms in total. The largest absolute Gasteiger partial charge is 0.508 e. The highest BCUT2D eigenvalue weighted by Gasteiger charge is 2.36. The van der Waals surface area contributed by atoms with Crippen LogP contribution in [0.3, 0.4) is 0 Å². The fourth-order valence-corrected chi connectivity index (χ4v) is 7.27. The Labute approximate surface area is 459 Å². The molecule has 6 amide bonds. The van der Waals surface area contributed by atoms with Gasteiger partial charge in [0.05, 0.1) is 17.9 Å². The number of aliphatic hydroxyl groups excluding tert-OH is 1. The Hall–Kier alpha value is -10.2. The number of rotatable bonds is 23. The number of aliphatic hydroxyl groups is 1. The van der Waals surface area contributed by atoms with Crippen LogP contribution in [0, 0.1) is 21.6 Å². The van der Waals surface area contributed by atoms with Crippen LogP contribution in [0.25, 0.3) is 22.5 Å². The summed E-state index contributed by atoms with van der Waals surface area (Å²) in [6.07, 6.45) is -10.4. The summed E-state index contributed by atoms with van der Waals surface area (Å²) in [6.45, 7) is -0.421. The first-order valence-corrected chi connectivity index (χ1v) is 23.7. The molecule has 25 N–H and O–H groups in total. The number of nitrogens with one attached hydrogen (secondary N) is 13. The van der Waals surface area contributed by atoms with E-state index in [1.54, 1.807) is 91.8 Å². The normalized spacial score (nSPS) is 12.9. The fourth-order valence-electron chi connectivity index (χ4n) is 7.02. The van der Waals surface area contributed by atoms with Crippen LogP contribution in [0.5, 0.6) is 5.75 Å². The summed E-state index contributed by atoms with van der Waals surface area (Å²) in [5, 5.41) is 74.6. The number of phenolic OH excluding ortho intramolecular Hbond substituents is 1. The van der Waals surface area contributed by atoms with Crippen molar-refractivity contribution in [3.63, 3.8) is 0 Å². The molecule has 0 saturated carbocycles. The number of guanidine groups is 4. The van der Waals surface area contributed by atoms with Gasteiger partial charge in [0.15, 0.2) is 48.5 Å². The molecule has 1 heterocycles. The number of nitrogens with two attached hydrogens (primary N) is 5. The van der Waals surface area contributed by atoms with Gasteiger partial charge < -0.3 is 96.5 Å². The molecule has 79 heavy (non-hydrogen) atoms. The zero-order valence-electron chi connectivity index (χ0n) is 41.8. The van der Waals surface area contributed by atoms with Gasteiger partial charge in [-0.05, 0) is 42.0 Å². The predicted octanol–water partition coefficient (Wildman–Crippen LogP) is -2.74. The van der Waals surface area contributed by atoms with Gasteiger partial charge in [-0.1, -0.05) is 83.9 Å². The van der Waals surface area contributed by atoms with Crippen molar-refractivity contribution in [2.24, 2.45) is 28.7 Å². The van der Waals surface area contributed by atoms with Crippen molar-refractivity contribution in [2.75, 3.05) is 23.9 Å². The highest BCUT2D eigenvalue weighted by Crippen LogP contribution is 2.31. The number of nitrogens with zero attached hydrogens (tertiary/aromatic N) is 4. The minimum atomic E-state index is -2.27. The Kier molecular flexibility index (Phi) is 20.4. The molecule has 0 aliphatic rings. The van der Waals surface area contributed by atoms with Crippen molar-refractivity contribution < 1.29 is 39.0 Å². The predicted molar refractivity (Wildman–Crippen MR) is 292 cm³/mol. The fraction of sp³-hybridized carbons (Fsp3) is 0.191. The number of carbonyl (C=O) groups excluding carboxylic acids is 6. The number of halogens is 2. The van der Waals surface area contributed by atoms with E-state index in [0.29, 0.717) is 38.2 Å². The zero-order valence-corrected chi connectivity index (χ0v) is 43.3. The van der Waals surface area contributed by atoms with Gasteiger partial charge in [0.1, 0.15) is 11.8 Å². The van der Waals surface area contributed by atoms with Crippen LogP contribution in [0.4, 0.5) is 11.6 Å². The lowest BCUT2D eigenvalue weighted by molar-refractivity contribution is -0.136. The van der Waals surface area contributed by atoms with Crippen molar-refractivity contribution in [3.05, 3.63) is 124 Å². The molecule has 1 aromatic heterocycles. The van der Waals surface area contributed by atoms with Crippen LogP contribution in [0.2, 0.25) is 10.0 Å². The molecule has 0 spiro atoms. The van der Waals surface area contributed by atoms with Gasteiger partial charge in [-0.3, -0.25) is 50.4 Å². The van der Waals surface area contributed by atoms with E-state index >= 15 is 0 Å². The Morgan fingerprint density at radius 3 is 1.37 bits per heavy atom. The first kappa shape index (κ1) is 59.7. The Bertz CT molecular complexity index is 3040. The van der Waals surface area contributed by atoms with E-state index in [4.69, 9.17) is 83.5 Å². The summed E-state index contributed by atoms with van der Waals surface area (Å²) in [5.74, 6) is -11.8. The van der Waals surface area contributed by atoms with E-state index in [1.165, 1.54) is 30.3 Å². The third-order valence-corrected chi connectivity index (χ3v) is 11.3. The summed E-state index contributed by atoms with van der Waals surface area (Å²) >= 11 is 12.5. The molecular weight excluding hydrogens is 1070 g/mol. The summed E-state index contributed by atoms with van der Waals surface area (Å²) in [5.41, 5.74) is 29.7. The van der Waals surface area contributed by atoms with Crippen LogP contribution in [0.1, 0.15) is 17.2 Å². The first-order chi connectivity index (χ1) is 37.3. The van der Waals surface area contributed by atoms with Gasteiger partial charge >= 0.3 is 0 Å². The van der Waals surface area contributed by atoms with Gasteiger partial charge in [0, 0.05) is 52.6 Å². The molecule has 5 aromatic rings. The van der Waals surface area contributed by atoms with Crippen molar-refractivity contribution in [1.29, 1.82) is 21.6 Å². The average molecular weight is 1130 g/mol. The maximum absolute atomic E-state index is 14.6. The molecule has 0 fully saturated rings. The van der Waals surface area contributed by atoms with Crippen LogP contribution in [-0.4, -0.2) is 124 Å². The van der Waals surface area contributed by atoms with Crippen molar-refractivity contribution >= 4 is 94.1 Å². The number of aromatic hydroxyl groups is 1. The lowest BCUT2D eigenvalue weighted by Gasteiger charge is -2.30. The first-order valence-electron chi connectivity index (χ1n) is 22.9. The Morgan fingerprint density at radius 2 is 0.962 bits per heavy atom. The molecule has 6 unspecified atom stereocenters. The van der Waals surface area contributed by atoms with Crippen LogP contribution in [0.15, 0.2) is 103 Å².